The highest BCUT2D eigenvalue weighted by molar-refractivity contribution is 6.34. The largest absolute Gasteiger partial charge is 0.506 e. The van der Waals surface area contributed by atoms with Crippen molar-refractivity contribution < 1.29 is 19.1 Å². The van der Waals surface area contributed by atoms with Gasteiger partial charge in [0, 0.05) is 56.5 Å². The van der Waals surface area contributed by atoms with Crippen LogP contribution in [0, 0.1) is 5.95 Å². The molecule has 1 saturated heterocycles. The maximum Gasteiger partial charge on any atom is 0.263 e. The summed E-state index contributed by atoms with van der Waals surface area (Å²) in [5.74, 6) is -1.90. The summed E-state index contributed by atoms with van der Waals surface area (Å²) in [6.45, 7) is 4.36. The Morgan fingerprint density at radius 2 is 1.95 bits per heavy atom. The number of carbonyl (C=O) groups is 2. The predicted molar refractivity (Wildman–Crippen MR) is 165 cm³/mol. The Morgan fingerprint density at radius 3 is 2.68 bits per heavy atom. The number of aryl methyl sites for hydroxylation is 1. The van der Waals surface area contributed by atoms with Gasteiger partial charge in [0.05, 0.1) is 21.7 Å². The van der Waals surface area contributed by atoms with Gasteiger partial charge in [0.1, 0.15) is 34.6 Å². The molecular formula is C29H29Cl2FN8O4. The number of phenols is 1. The summed E-state index contributed by atoms with van der Waals surface area (Å²) in [5, 5.41) is 12.7. The Kier molecular flexibility index (Phi) is 7.72. The Hall–Kier alpha value is -4.20. The van der Waals surface area contributed by atoms with E-state index in [1.54, 1.807) is 16.8 Å². The van der Waals surface area contributed by atoms with Crippen molar-refractivity contribution in [3.63, 3.8) is 0 Å². The third kappa shape index (κ3) is 5.24. The third-order valence-electron chi connectivity index (χ3n) is 8.09. The van der Waals surface area contributed by atoms with E-state index in [-0.39, 0.29) is 50.5 Å². The van der Waals surface area contributed by atoms with Crippen molar-refractivity contribution in [3.05, 3.63) is 62.1 Å². The lowest BCUT2D eigenvalue weighted by Gasteiger charge is -2.39. The van der Waals surface area contributed by atoms with Crippen molar-refractivity contribution in [1.29, 1.82) is 0 Å². The molecule has 0 radical (unpaired) electrons. The molecule has 3 aromatic heterocycles. The Balaban J connectivity index is 1.38. The zero-order chi connectivity index (χ0) is 31.4. The van der Waals surface area contributed by atoms with Gasteiger partial charge in [-0.25, -0.2) is 9.97 Å². The van der Waals surface area contributed by atoms with E-state index in [0.717, 1.165) is 19.5 Å². The molecule has 15 heteroatoms. The highest BCUT2D eigenvalue weighted by atomic mass is 35.5. The number of halogens is 3. The zero-order valence-electron chi connectivity index (χ0n) is 23.9. The number of nitrogens with two attached hydrogens (primary N) is 1. The molecule has 5 heterocycles. The SMILES string of the molecule is C[C@H]1CN(C)CCN1c1cc(NC(=O)Cn2cc(-c3cc(Cl)c(O)c(C(N)=O)c3)c3c(=O)n4c(nc32)CCC4)c(Cl)c(F)n1. The number of fused-ring (bicyclic) bond motifs is 2. The van der Waals surface area contributed by atoms with Crippen LogP contribution in [-0.4, -0.2) is 73.6 Å². The maximum atomic E-state index is 14.9. The third-order valence-corrected chi connectivity index (χ3v) is 8.74. The number of primary amides is 1. The van der Waals surface area contributed by atoms with Gasteiger partial charge < -0.3 is 30.5 Å². The summed E-state index contributed by atoms with van der Waals surface area (Å²) in [4.78, 5) is 51.9. The maximum absolute atomic E-state index is 14.9. The fourth-order valence-corrected chi connectivity index (χ4v) is 6.32. The smallest absolute Gasteiger partial charge is 0.263 e. The standard InChI is InChI=1S/C29H29Cl2FN8O4/c1-14-11-37(2)6-7-39(14)21-10-19(24(31)26(32)35-21)34-22(41)13-38-12-17(15-8-16(27(33)43)25(42)18(30)9-15)23-28(38)36-20-4-3-5-40(20)29(23)44/h8-10,12,14,42H,3-7,11,13H2,1-2H3,(H2,33,43)(H,34,35,41)/t14-/m0/s1. The number of carbonyl (C=O) groups excluding carboxylic acids is 2. The van der Waals surface area contributed by atoms with Crippen LogP contribution in [0.2, 0.25) is 10.0 Å². The van der Waals surface area contributed by atoms with E-state index in [1.165, 1.54) is 16.7 Å². The highest BCUT2D eigenvalue weighted by Crippen LogP contribution is 2.36. The molecule has 1 fully saturated rings. The van der Waals surface area contributed by atoms with Gasteiger partial charge in [0.15, 0.2) is 0 Å². The first-order valence-corrected chi connectivity index (χ1v) is 14.7. The molecule has 0 spiro atoms. The number of benzene rings is 1. The van der Waals surface area contributed by atoms with Gasteiger partial charge in [0.25, 0.3) is 11.5 Å². The van der Waals surface area contributed by atoms with E-state index in [2.05, 4.69) is 15.2 Å². The van der Waals surface area contributed by atoms with E-state index in [4.69, 9.17) is 33.9 Å². The van der Waals surface area contributed by atoms with Crippen LogP contribution in [0.1, 0.15) is 29.5 Å². The number of amides is 2. The first kappa shape index (κ1) is 29.9. The lowest BCUT2D eigenvalue weighted by Crippen LogP contribution is -2.50. The monoisotopic (exact) mass is 642 g/mol. The average Bonchev–Trinajstić information content (AvgIpc) is 3.58. The number of likely N-dealkylation sites (N-methyl/N-ethyl adjacent to an activating group) is 1. The van der Waals surface area contributed by atoms with Gasteiger partial charge in [0.2, 0.25) is 11.9 Å². The summed E-state index contributed by atoms with van der Waals surface area (Å²) in [6, 6.07) is 4.34. The van der Waals surface area contributed by atoms with Gasteiger partial charge >= 0.3 is 0 Å². The van der Waals surface area contributed by atoms with Crippen LogP contribution in [-0.2, 0) is 24.3 Å². The zero-order valence-corrected chi connectivity index (χ0v) is 25.4. The number of hydrogen-bond donors (Lipinski definition) is 3. The van der Waals surface area contributed by atoms with Crippen LogP contribution in [0.15, 0.2) is 29.2 Å². The normalized spacial score (nSPS) is 16.8. The second-order valence-corrected chi connectivity index (χ2v) is 11.9. The van der Waals surface area contributed by atoms with Crippen LogP contribution in [0.4, 0.5) is 15.9 Å². The molecule has 2 aliphatic rings. The number of anilines is 2. The lowest BCUT2D eigenvalue weighted by atomic mass is 10.0. The molecule has 4 aromatic rings. The summed E-state index contributed by atoms with van der Waals surface area (Å²) in [5.41, 5.74) is 5.89. The van der Waals surface area contributed by atoms with Crippen molar-refractivity contribution in [3.8, 4) is 16.9 Å². The molecule has 0 saturated carbocycles. The summed E-state index contributed by atoms with van der Waals surface area (Å²) < 4.78 is 17.9. The molecule has 2 aliphatic heterocycles. The summed E-state index contributed by atoms with van der Waals surface area (Å²) in [7, 11) is 2.01. The fraction of sp³-hybridized carbons (Fsp3) is 0.345. The van der Waals surface area contributed by atoms with Crippen molar-refractivity contribution >= 4 is 57.6 Å². The van der Waals surface area contributed by atoms with Crippen LogP contribution in [0.25, 0.3) is 22.2 Å². The number of aromatic nitrogens is 4. The van der Waals surface area contributed by atoms with Gasteiger partial charge in [-0.05, 0) is 38.1 Å². The molecule has 44 heavy (non-hydrogen) atoms. The number of aromatic hydroxyl groups is 1. The van der Waals surface area contributed by atoms with E-state index >= 15 is 0 Å². The van der Waals surface area contributed by atoms with Crippen molar-refractivity contribution in [1.82, 2.24) is 24.0 Å². The molecule has 0 unspecified atom stereocenters. The minimum absolute atomic E-state index is 0.0606. The molecule has 1 aromatic carbocycles. The molecule has 2 amide bonds. The topological polar surface area (TPSA) is 152 Å². The Bertz CT molecular complexity index is 1910. The number of rotatable bonds is 6. The summed E-state index contributed by atoms with van der Waals surface area (Å²) >= 11 is 12.4. The van der Waals surface area contributed by atoms with Crippen LogP contribution in [0.3, 0.4) is 0 Å². The first-order chi connectivity index (χ1) is 20.9. The lowest BCUT2D eigenvalue weighted by molar-refractivity contribution is -0.116. The molecular weight excluding hydrogens is 614 g/mol. The van der Waals surface area contributed by atoms with E-state index in [0.29, 0.717) is 42.3 Å². The van der Waals surface area contributed by atoms with Gasteiger partial charge in [-0.1, -0.05) is 23.2 Å². The molecule has 1 atom stereocenters. The number of hydrogen-bond acceptors (Lipinski definition) is 8. The number of nitrogens with zero attached hydrogens (tertiary/aromatic N) is 6. The first-order valence-electron chi connectivity index (χ1n) is 14.0. The molecule has 0 bridgehead atoms. The van der Waals surface area contributed by atoms with Gasteiger partial charge in [-0.15, -0.1) is 0 Å². The van der Waals surface area contributed by atoms with Crippen molar-refractivity contribution in [2.45, 2.75) is 38.9 Å². The molecule has 12 nitrogen and oxygen atoms in total. The van der Waals surface area contributed by atoms with Gasteiger partial charge in [-0.2, -0.15) is 4.39 Å². The second-order valence-electron chi connectivity index (χ2n) is 11.2. The van der Waals surface area contributed by atoms with Crippen molar-refractivity contribution in [2.75, 3.05) is 36.9 Å². The molecule has 230 valence electrons. The minimum Gasteiger partial charge on any atom is -0.506 e. The molecule has 4 N–H and O–H groups in total. The van der Waals surface area contributed by atoms with E-state index in [1.807, 2.05) is 18.9 Å². The predicted octanol–water partition coefficient (Wildman–Crippen LogP) is 3.24. The van der Waals surface area contributed by atoms with Crippen LogP contribution >= 0.6 is 23.2 Å². The fourth-order valence-electron chi connectivity index (χ4n) is 5.96. The van der Waals surface area contributed by atoms with Crippen LogP contribution in [0.5, 0.6) is 5.75 Å². The average molecular weight is 644 g/mol. The number of nitrogens with one attached hydrogen (secondary N) is 1. The quantitative estimate of drug-likeness (QED) is 0.271. The number of pyridine rings is 1. The number of piperazine rings is 1. The van der Waals surface area contributed by atoms with E-state index in [9.17, 15) is 23.9 Å². The Labute approximate surface area is 260 Å². The van der Waals surface area contributed by atoms with E-state index < -0.39 is 23.5 Å². The Morgan fingerprint density at radius 1 is 1.18 bits per heavy atom. The minimum atomic E-state index is -0.906. The highest BCUT2D eigenvalue weighted by Gasteiger charge is 2.27. The van der Waals surface area contributed by atoms with Gasteiger partial charge in [-0.3, -0.25) is 19.0 Å². The summed E-state index contributed by atoms with van der Waals surface area (Å²) in [6.07, 6.45) is 2.88. The second kappa shape index (κ2) is 11.4. The molecule has 0 aliphatic carbocycles. The molecule has 6 rings (SSSR count). The van der Waals surface area contributed by atoms with Crippen LogP contribution < -0.4 is 21.5 Å². The van der Waals surface area contributed by atoms with Crippen molar-refractivity contribution in [2.24, 2.45) is 5.73 Å².